The first-order valence-corrected chi connectivity index (χ1v) is 10.7. The van der Waals surface area contributed by atoms with Crippen molar-refractivity contribution in [1.82, 2.24) is 19.4 Å². The molecule has 33 heavy (non-hydrogen) atoms. The minimum absolute atomic E-state index is 0.227. The van der Waals surface area contributed by atoms with E-state index in [-0.39, 0.29) is 18.1 Å². The first kappa shape index (κ1) is 20.7. The zero-order chi connectivity index (χ0) is 22.8. The maximum absolute atomic E-state index is 14.5. The van der Waals surface area contributed by atoms with Crippen LogP contribution < -0.4 is 14.8 Å². The number of rotatable bonds is 7. The summed E-state index contributed by atoms with van der Waals surface area (Å²) in [6, 6.07) is 8.82. The standard InChI is InChI=1S/C24H21FN6O2/c1-2-8-33-22-6-3-15(11-27-22)18-12-28-24(31-14-16(10-26)30-23(18)31)29-13-19-17-7-9-32-21(17)5-4-20(19)25/h3-6,11-12,14H,2,7-9,13H2,1H3,(H,28,29). The van der Waals surface area contributed by atoms with E-state index in [2.05, 4.69) is 26.3 Å². The van der Waals surface area contributed by atoms with Crippen LogP contribution in [0.2, 0.25) is 0 Å². The van der Waals surface area contributed by atoms with Gasteiger partial charge in [0.2, 0.25) is 11.8 Å². The van der Waals surface area contributed by atoms with Gasteiger partial charge in [0.15, 0.2) is 11.3 Å². The van der Waals surface area contributed by atoms with Gasteiger partial charge in [0.05, 0.1) is 19.4 Å². The molecular weight excluding hydrogens is 423 g/mol. The predicted octanol–water partition coefficient (Wildman–Crippen LogP) is 4.14. The third-order valence-corrected chi connectivity index (χ3v) is 5.47. The topological polar surface area (TPSA) is 97.4 Å². The number of ether oxygens (including phenoxy) is 2. The van der Waals surface area contributed by atoms with Crippen molar-refractivity contribution in [3.8, 4) is 28.8 Å². The Balaban J connectivity index is 1.48. The molecule has 0 saturated heterocycles. The van der Waals surface area contributed by atoms with E-state index >= 15 is 0 Å². The summed E-state index contributed by atoms with van der Waals surface area (Å²) in [7, 11) is 0. The molecule has 1 aromatic carbocycles. The van der Waals surface area contributed by atoms with Crippen LogP contribution in [-0.4, -0.2) is 32.6 Å². The molecule has 4 heterocycles. The number of fused-ring (bicyclic) bond motifs is 2. The molecule has 0 fully saturated rings. The Hall–Kier alpha value is -4.19. The largest absolute Gasteiger partial charge is 0.493 e. The fourth-order valence-electron chi connectivity index (χ4n) is 3.87. The number of pyridine rings is 1. The van der Waals surface area contributed by atoms with Crippen molar-refractivity contribution in [2.75, 3.05) is 18.5 Å². The second kappa shape index (κ2) is 8.74. The minimum Gasteiger partial charge on any atom is -0.493 e. The molecule has 0 spiro atoms. The van der Waals surface area contributed by atoms with Gasteiger partial charge in [-0.1, -0.05) is 6.92 Å². The van der Waals surface area contributed by atoms with E-state index in [1.165, 1.54) is 6.07 Å². The van der Waals surface area contributed by atoms with Crippen LogP contribution in [0.25, 0.3) is 16.8 Å². The van der Waals surface area contributed by atoms with E-state index in [1.54, 1.807) is 35.1 Å². The molecule has 0 amide bonds. The molecule has 0 bridgehead atoms. The lowest BCUT2D eigenvalue weighted by molar-refractivity contribution is 0.305. The SMILES string of the molecule is CCCOc1ccc(-c2cnc(NCc3c(F)ccc4c3CCO4)n3cc(C#N)nc23)cn1. The van der Waals surface area contributed by atoms with Crippen LogP contribution >= 0.6 is 0 Å². The lowest BCUT2D eigenvalue weighted by Crippen LogP contribution is -2.09. The summed E-state index contributed by atoms with van der Waals surface area (Å²) in [4.78, 5) is 13.3. The number of hydrogen-bond acceptors (Lipinski definition) is 7. The van der Waals surface area contributed by atoms with Crippen LogP contribution in [-0.2, 0) is 13.0 Å². The molecule has 8 nitrogen and oxygen atoms in total. The van der Waals surface area contributed by atoms with Crippen LogP contribution in [0, 0.1) is 17.1 Å². The van der Waals surface area contributed by atoms with Crippen molar-refractivity contribution in [3.05, 3.63) is 65.5 Å². The maximum atomic E-state index is 14.5. The first-order chi connectivity index (χ1) is 16.2. The highest BCUT2D eigenvalue weighted by Crippen LogP contribution is 2.31. The Morgan fingerprint density at radius 3 is 2.94 bits per heavy atom. The predicted molar refractivity (Wildman–Crippen MR) is 120 cm³/mol. The second-order valence-corrected chi connectivity index (χ2v) is 7.62. The summed E-state index contributed by atoms with van der Waals surface area (Å²) in [5.41, 5.74) is 3.74. The second-order valence-electron chi connectivity index (χ2n) is 7.62. The monoisotopic (exact) mass is 444 g/mol. The van der Waals surface area contributed by atoms with Crippen molar-refractivity contribution in [2.24, 2.45) is 0 Å². The normalized spacial score (nSPS) is 12.3. The molecule has 1 N–H and O–H groups in total. The molecule has 5 rings (SSSR count). The van der Waals surface area contributed by atoms with Crippen molar-refractivity contribution in [1.29, 1.82) is 5.26 Å². The van der Waals surface area contributed by atoms with Crippen LogP contribution in [0.4, 0.5) is 10.3 Å². The van der Waals surface area contributed by atoms with Crippen molar-refractivity contribution in [3.63, 3.8) is 0 Å². The van der Waals surface area contributed by atoms with E-state index < -0.39 is 0 Å². The van der Waals surface area contributed by atoms with Gasteiger partial charge in [0.25, 0.3) is 0 Å². The summed E-state index contributed by atoms with van der Waals surface area (Å²) < 4.78 is 27.3. The van der Waals surface area contributed by atoms with Crippen molar-refractivity contribution in [2.45, 2.75) is 26.3 Å². The number of halogens is 1. The number of anilines is 1. The van der Waals surface area contributed by atoms with Crippen molar-refractivity contribution >= 4 is 11.6 Å². The number of nitrogens with zero attached hydrogens (tertiary/aromatic N) is 5. The minimum atomic E-state index is -0.292. The number of aromatic nitrogens is 4. The third-order valence-electron chi connectivity index (χ3n) is 5.47. The molecule has 0 atom stereocenters. The van der Waals surface area contributed by atoms with Gasteiger partial charge in [0, 0.05) is 53.7 Å². The van der Waals surface area contributed by atoms with Gasteiger partial charge in [-0.3, -0.25) is 4.40 Å². The number of benzene rings is 1. The first-order valence-electron chi connectivity index (χ1n) is 10.7. The average Bonchev–Trinajstić information content (AvgIpc) is 3.50. The quantitative estimate of drug-likeness (QED) is 0.458. The number of nitriles is 1. The molecule has 0 unspecified atom stereocenters. The summed E-state index contributed by atoms with van der Waals surface area (Å²) in [6.45, 7) is 3.41. The van der Waals surface area contributed by atoms with E-state index in [9.17, 15) is 9.65 Å². The van der Waals surface area contributed by atoms with Gasteiger partial charge in [-0.25, -0.2) is 19.3 Å². The molecule has 0 saturated carbocycles. The molecule has 3 aromatic heterocycles. The van der Waals surface area contributed by atoms with Crippen LogP contribution in [0.15, 0.2) is 42.9 Å². The average molecular weight is 444 g/mol. The van der Waals surface area contributed by atoms with Gasteiger partial charge >= 0.3 is 0 Å². The van der Waals surface area contributed by atoms with Crippen LogP contribution in [0.5, 0.6) is 11.6 Å². The number of hydrogen-bond donors (Lipinski definition) is 1. The van der Waals surface area contributed by atoms with Crippen molar-refractivity contribution < 1.29 is 13.9 Å². The van der Waals surface area contributed by atoms with Gasteiger partial charge in [0.1, 0.15) is 17.6 Å². The lowest BCUT2D eigenvalue weighted by Gasteiger charge is -2.13. The summed E-state index contributed by atoms with van der Waals surface area (Å²) in [6.07, 6.45) is 6.54. The molecule has 4 aromatic rings. The third kappa shape index (κ3) is 3.91. The fraction of sp³-hybridized carbons (Fsp3) is 0.250. The molecule has 1 aliphatic heterocycles. The number of nitrogens with one attached hydrogen (secondary N) is 1. The van der Waals surface area contributed by atoms with Gasteiger partial charge in [-0.2, -0.15) is 5.26 Å². The Bertz CT molecular complexity index is 1360. The van der Waals surface area contributed by atoms with Gasteiger partial charge < -0.3 is 14.8 Å². The Morgan fingerprint density at radius 1 is 1.24 bits per heavy atom. The molecular formula is C24H21FN6O2. The molecule has 166 valence electrons. The number of imidazole rings is 1. The zero-order valence-corrected chi connectivity index (χ0v) is 18.0. The summed E-state index contributed by atoms with van der Waals surface area (Å²) in [5.74, 6) is 1.43. The Kier molecular flexibility index (Phi) is 5.48. The van der Waals surface area contributed by atoms with Crippen LogP contribution in [0.1, 0.15) is 30.2 Å². The summed E-state index contributed by atoms with van der Waals surface area (Å²) in [5, 5.41) is 12.6. The molecule has 0 radical (unpaired) electrons. The van der Waals surface area contributed by atoms with E-state index in [4.69, 9.17) is 9.47 Å². The molecule has 0 aliphatic carbocycles. The fourth-order valence-corrected chi connectivity index (χ4v) is 3.87. The van der Waals surface area contributed by atoms with E-state index in [0.717, 1.165) is 28.9 Å². The molecule has 1 aliphatic rings. The maximum Gasteiger partial charge on any atom is 0.213 e. The highest BCUT2D eigenvalue weighted by Gasteiger charge is 2.20. The summed E-state index contributed by atoms with van der Waals surface area (Å²) >= 11 is 0. The van der Waals surface area contributed by atoms with Gasteiger partial charge in [-0.15, -0.1) is 0 Å². The Morgan fingerprint density at radius 2 is 2.15 bits per heavy atom. The Labute approximate surface area is 189 Å². The zero-order valence-electron chi connectivity index (χ0n) is 18.0. The molecule has 9 heteroatoms. The van der Waals surface area contributed by atoms with Gasteiger partial charge in [-0.05, 0) is 24.6 Å². The smallest absolute Gasteiger partial charge is 0.213 e. The highest BCUT2D eigenvalue weighted by atomic mass is 19.1. The lowest BCUT2D eigenvalue weighted by atomic mass is 10.0. The van der Waals surface area contributed by atoms with E-state index in [1.807, 2.05) is 13.0 Å². The van der Waals surface area contributed by atoms with Crippen LogP contribution in [0.3, 0.4) is 0 Å². The highest BCUT2D eigenvalue weighted by molar-refractivity contribution is 5.78. The van der Waals surface area contributed by atoms with E-state index in [0.29, 0.717) is 42.7 Å².